The van der Waals surface area contributed by atoms with Crippen molar-refractivity contribution in [3.8, 4) is 0 Å². The minimum atomic E-state index is -3.89. The molecule has 0 saturated heterocycles. The van der Waals surface area contributed by atoms with E-state index in [1.807, 2.05) is 6.92 Å². The molecule has 0 spiro atoms. The van der Waals surface area contributed by atoms with Crippen molar-refractivity contribution in [3.05, 3.63) is 80.7 Å². The van der Waals surface area contributed by atoms with Crippen LogP contribution < -0.4 is 0 Å². The van der Waals surface area contributed by atoms with E-state index in [1.165, 1.54) is 37.3 Å². The van der Waals surface area contributed by atoms with Gasteiger partial charge < -0.3 is 0 Å². The monoisotopic (exact) mass is 330 g/mol. The van der Waals surface area contributed by atoms with E-state index in [0.29, 0.717) is 5.56 Å². The lowest BCUT2D eigenvalue weighted by Crippen LogP contribution is -2.11. The van der Waals surface area contributed by atoms with Crippen LogP contribution in [0.15, 0.2) is 47.4 Å². The number of sulfone groups is 1. The molecule has 0 amide bonds. The van der Waals surface area contributed by atoms with Gasteiger partial charge in [0.2, 0.25) is 0 Å². The van der Waals surface area contributed by atoms with E-state index in [2.05, 4.69) is 4.85 Å². The third kappa shape index (κ3) is 3.22. The Kier molecular flexibility index (Phi) is 4.48. The number of nitro groups is 1. The largest absolute Gasteiger partial charge is 0.350 e. The van der Waals surface area contributed by atoms with Gasteiger partial charge in [0.25, 0.3) is 15.5 Å². The quantitative estimate of drug-likeness (QED) is 0.487. The summed E-state index contributed by atoms with van der Waals surface area (Å²) in [6.45, 7) is 10.6. The molecule has 0 aliphatic heterocycles. The average molecular weight is 330 g/mol. The predicted molar refractivity (Wildman–Crippen MR) is 85.5 cm³/mol. The third-order valence-electron chi connectivity index (χ3n) is 3.46. The number of benzene rings is 2. The van der Waals surface area contributed by atoms with Crippen molar-refractivity contribution in [1.82, 2.24) is 0 Å². The van der Waals surface area contributed by atoms with Crippen LogP contribution >= 0.6 is 0 Å². The van der Waals surface area contributed by atoms with Gasteiger partial charge in [-0.2, -0.15) is 0 Å². The SMILES string of the molecule is [C-]#[N+]C(c1ccc([N+](=O)[O-])c(C)c1)S(=O)(=O)c1ccc(C)cc1. The molecule has 0 aliphatic carbocycles. The fraction of sp³-hybridized carbons (Fsp3) is 0.188. The highest BCUT2D eigenvalue weighted by Crippen LogP contribution is 2.32. The number of aryl methyl sites for hydroxylation is 2. The van der Waals surface area contributed by atoms with E-state index in [1.54, 1.807) is 12.1 Å². The van der Waals surface area contributed by atoms with E-state index in [0.717, 1.165) is 5.56 Å². The van der Waals surface area contributed by atoms with Crippen LogP contribution in [-0.4, -0.2) is 13.3 Å². The number of hydrogen-bond acceptors (Lipinski definition) is 4. The Balaban J connectivity index is 2.51. The Hall–Kier alpha value is -2.72. The molecule has 6 nitrogen and oxygen atoms in total. The van der Waals surface area contributed by atoms with Crippen LogP contribution in [0, 0.1) is 30.5 Å². The summed E-state index contributed by atoms with van der Waals surface area (Å²) in [5.74, 6) is 0. The molecule has 0 saturated carbocycles. The van der Waals surface area contributed by atoms with Crippen LogP contribution in [0.2, 0.25) is 0 Å². The minimum absolute atomic E-state index is 0.0557. The van der Waals surface area contributed by atoms with E-state index >= 15 is 0 Å². The maximum atomic E-state index is 12.7. The van der Waals surface area contributed by atoms with Crippen molar-refractivity contribution in [2.24, 2.45) is 0 Å². The second-order valence-electron chi connectivity index (χ2n) is 5.14. The number of rotatable bonds is 4. The average Bonchev–Trinajstić information content (AvgIpc) is 2.47. The van der Waals surface area contributed by atoms with E-state index < -0.39 is 20.1 Å². The number of nitrogens with zero attached hydrogens (tertiary/aromatic N) is 2. The lowest BCUT2D eigenvalue weighted by Gasteiger charge is -2.09. The number of hydrogen-bond donors (Lipinski definition) is 0. The molecule has 0 fully saturated rings. The molecular formula is C16H14N2O4S. The van der Waals surface area contributed by atoms with Gasteiger partial charge in [-0.1, -0.05) is 17.7 Å². The zero-order chi connectivity index (χ0) is 17.2. The highest BCUT2D eigenvalue weighted by molar-refractivity contribution is 7.91. The Morgan fingerprint density at radius 2 is 1.74 bits per heavy atom. The van der Waals surface area contributed by atoms with Crippen LogP contribution in [0.5, 0.6) is 0 Å². The van der Waals surface area contributed by atoms with Crippen LogP contribution in [0.3, 0.4) is 0 Å². The standard InChI is InChI=1S/C16H14N2O4S/c1-11-4-7-14(8-5-11)23(21,22)16(17-3)13-6-9-15(18(19)20)12(2)10-13/h4-10,16H,1-2H3. The highest BCUT2D eigenvalue weighted by atomic mass is 32.2. The summed E-state index contributed by atoms with van der Waals surface area (Å²) in [7, 11) is -3.89. The molecular weight excluding hydrogens is 316 g/mol. The summed E-state index contributed by atoms with van der Waals surface area (Å²) < 4.78 is 25.3. The topological polar surface area (TPSA) is 81.6 Å². The smallest absolute Gasteiger partial charge is 0.291 e. The Morgan fingerprint density at radius 1 is 1.13 bits per heavy atom. The van der Waals surface area contributed by atoms with Gasteiger partial charge in [0.1, 0.15) is 0 Å². The maximum absolute atomic E-state index is 12.7. The van der Waals surface area contributed by atoms with E-state index in [4.69, 9.17) is 6.57 Å². The summed E-state index contributed by atoms with van der Waals surface area (Å²) >= 11 is 0. The molecule has 0 heterocycles. The molecule has 7 heteroatoms. The van der Waals surface area contributed by atoms with E-state index in [-0.39, 0.29) is 16.1 Å². The van der Waals surface area contributed by atoms with E-state index in [9.17, 15) is 18.5 Å². The Bertz CT molecular complexity index is 897. The molecule has 0 aromatic heterocycles. The predicted octanol–water partition coefficient (Wildman–Crippen LogP) is 3.60. The molecule has 23 heavy (non-hydrogen) atoms. The summed E-state index contributed by atoms with van der Waals surface area (Å²) in [6.07, 6.45) is 0. The second-order valence-corrected chi connectivity index (χ2v) is 7.15. The van der Waals surface area contributed by atoms with Crippen LogP contribution in [0.4, 0.5) is 5.69 Å². The van der Waals surface area contributed by atoms with Crippen LogP contribution in [-0.2, 0) is 9.84 Å². The molecule has 0 radical (unpaired) electrons. The molecule has 2 rings (SSSR count). The Morgan fingerprint density at radius 3 is 2.22 bits per heavy atom. The molecule has 2 aromatic carbocycles. The van der Waals surface area contributed by atoms with Gasteiger partial charge in [0.05, 0.1) is 15.4 Å². The fourth-order valence-electron chi connectivity index (χ4n) is 2.22. The van der Waals surface area contributed by atoms with Gasteiger partial charge in [0, 0.05) is 11.6 Å². The van der Waals surface area contributed by atoms with Gasteiger partial charge in [-0.15, -0.1) is 0 Å². The summed E-state index contributed by atoms with van der Waals surface area (Å²) in [5.41, 5.74) is 1.35. The molecule has 1 atom stereocenters. The molecule has 0 aliphatic rings. The summed E-state index contributed by atoms with van der Waals surface area (Å²) in [6, 6.07) is 10.2. The number of nitro benzene ring substituents is 1. The lowest BCUT2D eigenvalue weighted by molar-refractivity contribution is -0.385. The van der Waals surface area contributed by atoms with Crippen LogP contribution in [0.25, 0.3) is 4.85 Å². The van der Waals surface area contributed by atoms with Gasteiger partial charge in [-0.25, -0.2) is 15.0 Å². The molecule has 0 bridgehead atoms. The van der Waals surface area contributed by atoms with Gasteiger partial charge in [0.15, 0.2) is 0 Å². The first kappa shape index (κ1) is 16.6. The first-order valence-electron chi connectivity index (χ1n) is 6.69. The maximum Gasteiger partial charge on any atom is 0.350 e. The molecule has 2 aromatic rings. The first-order valence-corrected chi connectivity index (χ1v) is 8.24. The molecule has 118 valence electrons. The molecule has 1 unspecified atom stereocenters. The van der Waals surface area contributed by atoms with Crippen molar-refractivity contribution >= 4 is 15.5 Å². The molecule has 0 N–H and O–H groups in total. The first-order chi connectivity index (χ1) is 10.8. The van der Waals surface area contributed by atoms with Crippen molar-refractivity contribution in [1.29, 1.82) is 0 Å². The van der Waals surface area contributed by atoms with Gasteiger partial charge in [-0.05, 0) is 38.1 Å². The fourth-order valence-corrected chi connectivity index (χ4v) is 3.63. The van der Waals surface area contributed by atoms with Crippen LogP contribution in [0.1, 0.15) is 22.1 Å². The highest BCUT2D eigenvalue weighted by Gasteiger charge is 2.35. The zero-order valence-corrected chi connectivity index (χ0v) is 13.4. The normalized spacial score (nSPS) is 12.4. The van der Waals surface area contributed by atoms with Gasteiger partial charge in [-0.3, -0.25) is 15.0 Å². The Labute approximate surface area is 134 Å². The summed E-state index contributed by atoms with van der Waals surface area (Å²) in [5, 5.41) is 9.42. The van der Waals surface area contributed by atoms with Gasteiger partial charge >= 0.3 is 5.37 Å². The van der Waals surface area contributed by atoms with Crippen molar-refractivity contribution in [2.75, 3.05) is 0 Å². The zero-order valence-electron chi connectivity index (χ0n) is 12.6. The summed E-state index contributed by atoms with van der Waals surface area (Å²) in [4.78, 5) is 13.6. The van der Waals surface area contributed by atoms with Crippen molar-refractivity contribution < 1.29 is 13.3 Å². The van der Waals surface area contributed by atoms with Crippen molar-refractivity contribution in [2.45, 2.75) is 24.1 Å². The third-order valence-corrected chi connectivity index (χ3v) is 5.36. The van der Waals surface area contributed by atoms with Crippen molar-refractivity contribution in [3.63, 3.8) is 0 Å². The minimum Gasteiger partial charge on any atom is -0.291 e. The second kappa shape index (κ2) is 6.18. The lowest BCUT2D eigenvalue weighted by atomic mass is 10.1.